The Bertz CT molecular complexity index is 487. The van der Waals surface area contributed by atoms with Gasteiger partial charge in [-0.15, -0.1) is 0 Å². The van der Waals surface area contributed by atoms with Crippen LogP contribution in [0.15, 0.2) is 18.2 Å². The van der Waals surface area contributed by atoms with Gasteiger partial charge in [0.25, 0.3) is 0 Å². The van der Waals surface area contributed by atoms with Crippen molar-refractivity contribution >= 4 is 11.7 Å². The van der Waals surface area contributed by atoms with Crippen LogP contribution < -0.4 is 10.2 Å². The van der Waals surface area contributed by atoms with Crippen molar-refractivity contribution in [3.05, 3.63) is 29.3 Å². The Hall–Kier alpha value is -1.55. The summed E-state index contributed by atoms with van der Waals surface area (Å²) in [5.41, 5.74) is 2.85. The molecule has 2 N–H and O–H groups in total. The van der Waals surface area contributed by atoms with Gasteiger partial charge in [-0.25, -0.2) is 0 Å². The summed E-state index contributed by atoms with van der Waals surface area (Å²) in [5, 5.41) is 12.3. The molecule has 0 aliphatic carbocycles. The van der Waals surface area contributed by atoms with E-state index in [0.717, 1.165) is 19.4 Å². The minimum atomic E-state index is -0.917. The highest BCUT2D eigenvalue weighted by molar-refractivity contribution is 5.79. The van der Waals surface area contributed by atoms with E-state index in [4.69, 9.17) is 0 Å². The van der Waals surface area contributed by atoms with E-state index >= 15 is 0 Å². The van der Waals surface area contributed by atoms with Crippen LogP contribution >= 0.6 is 0 Å². The van der Waals surface area contributed by atoms with Crippen LogP contribution in [0.5, 0.6) is 0 Å². The molecule has 0 saturated heterocycles. The molecule has 4 heteroatoms. The quantitative estimate of drug-likeness (QED) is 0.869. The molecule has 0 aromatic heterocycles. The molecule has 1 aromatic rings. The minimum absolute atomic E-state index is 0.481. The second-order valence-corrected chi connectivity index (χ2v) is 5.54. The van der Waals surface area contributed by atoms with E-state index in [-0.39, 0.29) is 0 Å². The first-order chi connectivity index (χ1) is 8.96. The number of likely N-dealkylation sites (N-methyl/N-ethyl adjacent to an activating group) is 1. The van der Waals surface area contributed by atoms with Crippen LogP contribution in [-0.2, 0) is 11.2 Å². The fourth-order valence-corrected chi connectivity index (χ4v) is 2.60. The standard InChI is InChI=1S/C15H22N2O2/c1-11-6-7-13-12(9-11)5-4-8-17(13)10-15(2,16-3)14(18)19/h6-7,9,16H,4-5,8,10H2,1-3H3,(H,18,19). The highest BCUT2D eigenvalue weighted by Crippen LogP contribution is 2.29. The average Bonchev–Trinajstić information content (AvgIpc) is 2.38. The van der Waals surface area contributed by atoms with Crippen molar-refractivity contribution in [1.82, 2.24) is 5.32 Å². The second kappa shape index (κ2) is 5.21. The van der Waals surface area contributed by atoms with E-state index < -0.39 is 11.5 Å². The van der Waals surface area contributed by atoms with E-state index in [1.165, 1.54) is 16.8 Å². The van der Waals surface area contributed by atoms with Crippen LogP contribution in [0.4, 0.5) is 5.69 Å². The maximum absolute atomic E-state index is 11.4. The van der Waals surface area contributed by atoms with Gasteiger partial charge in [-0.1, -0.05) is 17.7 Å². The average molecular weight is 262 g/mol. The Morgan fingerprint density at radius 3 is 2.89 bits per heavy atom. The van der Waals surface area contributed by atoms with Gasteiger partial charge in [0.05, 0.1) is 0 Å². The van der Waals surface area contributed by atoms with E-state index in [1.54, 1.807) is 14.0 Å². The number of carbonyl (C=O) groups is 1. The lowest BCUT2D eigenvalue weighted by molar-refractivity contribution is -0.143. The number of carboxylic acid groups (broad SMARTS) is 1. The first-order valence-electron chi connectivity index (χ1n) is 6.73. The molecule has 1 aromatic carbocycles. The van der Waals surface area contributed by atoms with Gasteiger partial charge in [-0.3, -0.25) is 4.79 Å². The van der Waals surface area contributed by atoms with Crippen molar-refractivity contribution in [2.24, 2.45) is 0 Å². The normalized spacial score (nSPS) is 17.7. The summed E-state index contributed by atoms with van der Waals surface area (Å²) in [5.74, 6) is -0.811. The Kier molecular flexibility index (Phi) is 3.80. The zero-order chi connectivity index (χ0) is 14.0. The fourth-order valence-electron chi connectivity index (χ4n) is 2.60. The van der Waals surface area contributed by atoms with Crippen molar-refractivity contribution in [2.45, 2.75) is 32.2 Å². The molecule has 0 bridgehead atoms. The molecule has 0 saturated carbocycles. The highest BCUT2D eigenvalue weighted by atomic mass is 16.4. The topological polar surface area (TPSA) is 52.6 Å². The van der Waals surface area contributed by atoms with Crippen LogP contribution in [0.1, 0.15) is 24.5 Å². The molecule has 104 valence electrons. The zero-order valence-electron chi connectivity index (χ0n) is 11.9. The monoisotopic (exact) mass is 262 g/mol. The van der Waals surface area contributed by atoms with Crippen LogP contribution in [0, 0.1) is 6.92 Å². The maximum atomic E-state index is 11.4. The lowest BCUT2D eigenvalue weighted by Gasteiger charge is -2.37. The van der Waals surface area contributed by atoms with Gasteiger partial charge in [0.15, 0.2) is 0 Å². The van der Waals surface area contributed by atoms with Gasteiger partial charge >= 0.3 is 5.97 Å². The largest absolute Gasteiger partial charge is 0.480 e. The van der Waals surface area contributed by atoms with Gasteiger partial charge in [-0.2, -0.15) is 0 Å². The second-order valence-electron chi connectivity index (χ2n) is 5.54. The summed E-state index contributed by atoms with van der Waals surface area (Å²) in [6, 6.07) is 6.41. The maximum Gasteiger partial charge on any atom is 0.325 e. The molecule has 0 fully saturated rings. The Labute approximate surface area is 114 Å². The molecule has 2 rings (SSSR count). The smallest absolute Gasteiger partial charge is 0.325 e. The van der Waals surface area contributed by atoms with E-state index in [0.29, 0.717) is 6.54 Å². The van der Waals surface area contributed by atoms with Gasteiger partial charge in [-0.05, 0) is 45.4 Å². The number of benzene rings is 1. The molecular weight excluding hydrogens is 240 g/mol. The summed E-state index contributed by atoms with van der Waals surface area (Å²) in [6.07, 6.45) is 2.16. The molecule has 1 atom stereocenters. The van der Waals surface area contributed by atoms with Gasteiger partial charge in [0, 0.05) is 18.8 Å². The van der Waals surface area contributed by atoms with Gasteiger partial charge in [0.1, 0.15) is 5.54 Å². The molecule has 1 unspecified atom stereocenters. The number of aliphatic carboxylic acids is 1. The summed E-state index contributed by atoms with van der Waals surface area (Å²) >= 11 is 0. The third-order valence-corrected chi connectivity index (χ3v) is 3.98. The third kappa shape index (κ3) is 2.73. The molecule has 1 heterocycles. The first-order valence-corrected chi connectivity index (χ1v) is 6.73. The number of hydrogen-bond acceptors (Lipinski definition) is 3. The summed E-state index contributed by atoms with van der Waals surface area (Å²) in [4.78, 5) is 13.6. The lowest BCUT2D eigenvalue weighted by Crippen LogP contribution is -2.56. The van der Waals surface area contributed by atoms with Crippen molar-refractivity contribution in [2.75, 3.05) is 25.0 Å². The predicted molar refractivity (Wildman–Crippen MR) is 76.8 cm³/mol. The molecule has 0 spiro atoms. The number of hydrogen-bond donors (Lipinski definition) is 2. The molecule has 1 aliphatic heterocycles. The molecule has 0 amide bonds. The number of anilines is 1. The van der Waals surface area contributed by atoms with Crippen LogP contribution in [-0.4, -0.2) is 36.8 Å². The SMILES string of the molecule is CNC(C)(CN1CCCc2cc(C)ccc21)C(=O)O. The molecule has 1 aliphatic rings. The number of nitrogens with zero attached hydrogens (tertiary/aromatic N) is 1. The van der Waals surface area contributed by atoms with Crippen molar-refractivity contribution in [1.29, 1.82) is 0 Å². The summed E-state index contributed by atoms with van der Waals surface area (Å²) in [7, 11) is 1.70. The molecule has 4 nitrogen and oxygen atoms in total. The lowest BCUT2D eigenvalue weighted by atomic mass is 9.96. The van der Waals surface area contributed by atoms with Crippen LogP contribution in [0.2, 0.25) is 0 Å². The Morgan fingerprint density at radius 1 is 1.53 bits per heavy atom. The molecule has 19 heavy (non-hydrogen) atoms. The van der Waals surface area contributed by atoms with E-state index in [1.807, 2.05) is 0 Å². The Morgan fingerprint density at radius 2 is 2.26 bits per heavy atom. The van der Waals surface area contributed by atoms with Crippen molar-refractivity contribution < 1.29 is 9.90 Å². The van der Waals surface area contributed by atoms with Crippen LogP contribution in [0.25, 0.3) is 0 Å². The third-order valence-electron chi connectivity index (χ3n) is 3.98. The minimum Gasteiger partial charge on any atom is -0.480 e. The summed E-state index contributed by atoms with van der Waals surface area (Å²) in [6.45, 7) is 5.22. The number of fused-ring (bicyclic) bond motifs is 1. The van der Waals surface area contributed by atoms with Crippen molar-refractivity contribution in [3.8, 4) is 0 Å². The van der Waals surface area contributed by atoms with E-state index in [2.05, 4.69) is 35.3 Å². The number of rotatable bonds is 4. The first kappa shape index (κ1) is 13.9. The fraction of sp³-hybridized carbons (Fsp3) is 0.533. The summed E-state index contributed by atoms with van der Waals surface area (Å²) < 4.78 is 0. The number of nitrogens with one attached hydrogen (secondary N) is 1. The van der Waals surface area contributed by atoms with Gasteiger partial charge in [0.2, 0.25) is 0 Å². The predicted octanol–water partition coefficient (Wildman–Crippen LogP) is 1.81. The number of aryl methyl sites for hydroxylation is 2. The van der Waals surface area contributed by atoms with E-state index in [9.17, 15) is 9.90 Å². The number of carboxylic acids is 1. The molecule has 0 radical (unpaired) electrons. The van der Waals surface area contributed by atoms with Gasteiger partial charge < -0.3 is 15.3 Å². The van der Waals surface area contributed by atoms with Crippen molar-refractivity contribution in [3.63, 3.8) is 0 Å². The van der Waals surface area contributed by atoms with Crippen LogP contribution in [0.3, 0.4) is 0 Å². The highest BCUT2D eigenvalue weighted by Gasteiger charge is 2.34. The zero-order valence-corrected chi connectivity index (χ0v) is 11.9. The Balaban J connectivity index is 2.27. The molecular formula is C15H22N2O2.